The molecule has 14 heteroatoms. The molecule has 0 radical (unpaired) electrons. The van der Waals surface area contributed by atoms with E-state index in [4.69, 9.17) is 9.47 Å². The van der Waals surface area contributed by atoms with Crippen molar-refractivity contribution in [2.75, 3.05) is 22.9 Å². The number of halogens is 2. The molecule has 2 aromatic rings. The zero-order valence-electron chi connectivity index (χ0n) is 24.6. The van der Waals surface area contributed by atoms with Crippen LogP contribution in [0.4, 0.5) is 11.4 Å². The normalized spacial score (nSPS) is 29.3. The highest BCUT2D eigenvalue weighted by Gasteiger charge is 2.53. The molecule has 2 aromatic heterocycles. The van der Waals surface area contributed by atoms with E-state index in [-0.39, 0.29) is 12.1 Å². The molecule has 4 heterocycles. The second-order valence-corrected chi connectivity index (χ2v) is 14.1. The fourth-order valence-electron chi connectivity index (χ4n) is 6.80. The molecule has 0 bridgehead atoms. The second kappa shape index (κ2) is 13.2. The summed E-state index contributed by atoms with van der Waals surface area (Å²) in [6.45, 7) is 4.39. The highest BCUT2D eigenvalue weighted by molar-refractivity contribution is 9.10. The Morgan fingerprint density at radius 1 is 0.795 bits per heavy atom. The van der Waals surface area contributed by atoms with Gasteiger partial charge in [0.15, 0.2) is 24.7 Å². The molecular formula is C30H38Br2N6O6. The first kappa shape index (κ1) is 31.6. The van der Waals surface area contributed by atoms with E-state index < -0.39 is 36.6 Å². The molecule has 12 nitrogen and oxygen atoms in total. The van der Waals surface area contributed by atoms with Crippen molar-refractivity contribution in [1.29, 1.82) is 0 Å². The molecule has 2 saturated heterocycles. The van der Waals surface area contributed by atoms with Crippen LogP contribution in [0.15, 0.2) is 45.9 Å². The highest BCUT2D eigenvalue weighted by atomic mass is 79.9. The first-order chi connectivity index (χ1) is 21.1. The quantitative estimate of drug-likeness (QED) is 0.177. The number of aliphatic hydroxyl groups is 2. The number of aliphatic hydroxyl groups excluding tert-OH is 2. The van der Waals surface area contributed by atoms with E-state index in [9.17, 15) is 19.8 Å². The van der Waals surface area contributed by atoms with E-state index in [1.54, 1.807) is 26.2 Å². The van der Waals surface area contributed by atoms with Crippen LogP contribution in [0.3, 0.4) is 0 Å². The predicted molar refractivity (Wildman–Crippen MR) is 169 cm³/mol. The number of piperidine rings is 2. The van der Waals surface area contributed by atoms with E-state index in [0.29, 0.717) is 37.0 Å². The average molecular weight is 738 g/mol. The fraction of sp³-hybridized carbons (Fsp3) is 0.600. The Morgan fingerprint density at radius 2 is 1.20 bits per heavy atom. The van der Waals surface area contributed by atoms with E-state index >= 15 is 0 Å². The van der Waals surface area contributed by atoms with Gasteiger partial charge in [-0.15, -0.1) is 0 Å². The van der Waals surface area contributed by atoms with Crippen molar-refractivity contribution in [3.05, 3.63) is 45.9 Å². The molecule has 44 heavy (non-hydrogen) atoms. The molecular weight excluding hydrogens is 700 g/mol. The predicted octanol–water partition coefficient (Wildman–Crippen LogP) is 2.32. The van der Waals surface area contributed by atoms with Crippen LogP contribution in [0, 0.1) is 11.8 Å². The minimum atomic E-state index is -2.08. The van der Waals surface area contributed by atoms with Crippen LogP contribution in [0.5, 0.6) is 0 Å². The third-order valence-electron chi connectivity index (χ3n) is 9.05. The zero-order valence-corrected chi connectivity index (χ0v) is 27.7. The van der Waals surface area contributed by atoms with Gasteiger partial charge in [0.25, 0.3) is 0 Å². The van der Waals surface area contributed by atoms with E-state index in [1.165, 1.54) is 0 Å². The number of hydrogen-bond acceptors (Lipinski definition) is 12. The number of nitrogens with zero attached hydrogens (tertiary/aromatic N) is 4. The lowest BCUT2D eigenvalue weighted by molar-refractivity contribution is -0.179. The Morgan fingerprint density at radius 3 is 1.59 bits per heavy atom. The molecule has 2 saturated carbocycles. The van der Waals surface area contributed by atoms with Crippen LogP contribution in [0.2, 0.25) is 0 Å². The van der Waals surface area contributed by atoms with E-state index in [1.807, 2.05) is 24.5 Å². The van der Waals surface area contributed by atoms with Gasteiger partial charge in [0.05, 0.1) is 23.8 Å². The minimum absolute atomic E-state index is 0.198. The van der Waals surface area contributed by atoms with Gasteiger partial charge in [-0.25, -0.2) is 9.59 Å². The van der Waals surface area contributed by atoms with Crippen LogP contribution < -0.4 is 20.4 Å². The lowest BCUT2D eigenvalue weighted by atomic mass is 10.1. The molecule has 10 atom stereocenters. The molecule has 10 unspecified atom stereocenters. The number of fused-ring (bicyclic) bond motifs is 2. The molecule has 2 aliphatic heterocycles. The summed E-state index contributed by atoms with van der Waals surface area (Å²) in [4.78, 5) is 38.4. The number of carbonyl (C=O) groups excluding carboxylic acids is 2. The number of anilines is 2. The van der Waals surface area contributed by atoms with Crippen LogP contribution in [-0.4, -0.2) is 94.0 Å². The summed E-state index contributed by atoms with van der Waals surface area (Å²) in [6, 6.07) is 5.46. The number of aromatic nitrogens is 2. The molecule has 4 N–H and O–H groups in total. The number of carbonyl (C=O) groups is 2. The number of rotatable bonds is 13. The van der Waals surface area contributed by atoms with Crippen molar-refractivity contribution in [3.63, 3.8) is 0 Å². The fourth-order valence-corrected chi connectivity index (χ4v) is 7.51. The number of nitrogens with one attached hydrogen (secondary N) is 2. The Labute approximate surface area is 273 Å². The van der Waals surface area contributed by atoms with Crippen molar-refractivity contribution >= 4 is 55.2 Å². The average Bonchev–Trinajstić information content (AvgIpc) is 3.87. The Bertz CT molecular complexity index is 1270. The van der Waals surface area contributed by atoms with Gasteiger partial charge in [-0.3, -0.25) is 20.6 Å². The monoisotopic (exact) mass is 736 g/mol. The van der Waals surface area contributed by atoms with Crippen molar-refractivity contribution < 1.29 is 29.3 Å². The second-order valence-electron chi connectivity index (χ2n) is 12.3. The van der Waals surface area contributed by atoms with Gasteiger partial charge in [-0.05, 0) is 95.4 Å². The van der Waals surface area contributed by atoms with Gasteiger partial charge in [0.1, 0.15) is 0 Å². The number of hydrogen-bond donors (Lipinski definition) is 4. The molecule has 238 valence electrons. The van der Waals surface area contributed by atoms with Crippen LogP contribution in [-0.2, 0) is 19.1 Å². The third-order valence-corrected chi connectivity index (χ3v) is 9.92. The maximum Gasteiger partial charge on any atom is 0.339 e. The van der Waals surface area contributed by atoms with Crippen molar-refractivity contribution in [1.82, 2.24) is 20.6 Å². The van der Waals surface area contributed by atoms with Crippen LogP contribution in [0.1, 0.15) is 39.5 Å². The molecule has 2 aliphatic carbocycles. The summed E-state index contributed by atoms with van der Waals surface area (Å²) in [5.41, 5.74) is 2.08. The smallest absolute Gasteiger partial charge is 0.339 e. The summed E-state index contributed by atoms with van der Waals surface area (Å²) < 4.78 is 12.4. The summed E-state index contributed by atoms with van der Waals surface area (Å²) >= 11 is 6.98. The van der Waals surface area contributed by atoms with Crippen molar-refractivity contribution in [2.24, 2.45) is 11.8 Å². The number of ether oxygens (including phenoxy) is 2. The molecule has 4 fully saturated rings. The lowest BCUT2D eigenvalue weighted by Gasteiger charge is -2.31. The number of esters is 2. The zero-order chi connectivity index (χ0) is 31.1. The SMILES string of the molecule is CC(NCC1CC2CC2N1c1cncc(Br)c1)OC(=O)C(O)C(O)C(=O)OC(C)NCC1CC2CC2N1c1cncc(Br)c1. The van der Waals surface area contributed by atoms with Gasteiger partial charge >= 0.3 is 11.9 Å². The molecule has 4 aliphatic rings. The third kappa shape index (κ3) is 7.05. The summed E-state index contributed by atoms with van der Waals surface area (Å²) in [7, 11) is 0. The topological polar surface area (TPSA) is 149 Å². The van der Waals surface area contributed by atoms with Gasteiger partial charge in [0, 0.05) is 58.6 Å². The molecule has 6 rings (SSSR count). The van der Waals surface area contributed by atoms with E-state index in [2.05, 4.69) is 62.3 Å². The molecule has 0 aromatic carbocycles. The largest absolute Gasteiger partial charge is 0.445 e. The Kier molecular flexibility index (Phi) is 9.46. The molecule has 0 amide bonds. The van der Waals surface area contributed by atoms with Crippen LogP contribution in [0.25, 0.3) is 0 Å². The lowest BCUT2D eigenvalue weighted by Crippen LogP contribution is -2.48. The minimum Gasteiger partial charge on any atom is -0.445 e. The Balaban J connectivity index is 0.932. The summed E-state index contributed by atoms with van der Waals surface area (Å²) in [6.07, 6.45) is 5.90. The Hall–Kier alpha value is -2.36. The standard InChI is InChI=1S/C30H38Br2N6O6/c1-15(35-13-21-3-17-5-25(17)37(21)23-7-19(31)9-33-11-23)43-29(41)27(39)28(40)30(42)44-16(2)36-14-22-4-18-6-26(18)38(22)24-8-20(32)10-34-12-24/h7-12,15-18,21-22,25-28,35-36,39-40H,3-6,13-14H2,1-2H3. The van der Waals surface area contributed by atoms with Gasteiger partial charge < -0.3 is 29.5 Å². The van der Waals surface area contributed by atoms with Gasteiger partial charge in [0.2, 0.25) is 0 Å². The number of pyridine rings is 2. The molecule has 0 spiro atoms. The van der Waals surface area contributed by atoms with Crippen LogP contribution >= 0.6 is 31.9 Å². The summed E-state index contributed by atoms with van der Waals surface area (Å²) in [5.74, 6) is -0.934. The first-order valence-corrected chi connectivity index (χ1v) is 16.7. The van der Waals surface area contributed by atoms with Gasteiger partial charge in [-0.2, -0.15) is 0 Å². The summed E-state index contributed by atoms with van der Waals surface area (Å²) in [5, 5.41) is 27.1. The maximum absolute atomic E-state index is 12.6. The van der Waals surface area contributed by atoms with Crippen molar-refractivity contribution in [3.8, 4) is 0 Å². The maximum atomic E-state index is 12.6. The van der Waals surface area contributed by atoms with E-state index in [0.717, 1.165) is 46.0 Å². The first-order valence-electron chi connectivity index (χ1n) is 15.1. The van der Waals surface area contributed by atoms with Gasteiger partial charge in [-0.1, -0.05) is 0 Å². The van der Waals surface area contributed by atoms with Crippen molar-refractivity contribution in [2.45, 2.75) is 88.4 Å². The highest BCUT2D eigenvalue weighted by Crippen LogP contribution is 2.50.